The molecular weight excluding hydrogens is 497 g/mol. The van der Waals surface area contributed by atoms with Crippen molar-refractivity contribution in [2.24, 2.45) is 5.73 Å². The van der Waals surface area contributed by atoms with Gasteiger partial charge in [-0.3, -0.25) is 9.10 Å². The van der Waals surface area contributed by atoms with Gasteiger partial charge < -0.3 is 10.8 Å². The van der Waals surface area contributed by atoms with Gasteiger partial charge in [-0.1, -0.05) is 36.4 Å². The van der Waals surface area contributed by atoms with Crippen LogP contribution in [0.25, 0.3) is 0 Å². The van der Waals surface area contributed by atoms with Crippen LogP contribution in [0.1, 0.15) is 21.7 Å². The minimum absolute atomic E-state index is 0.0393. The molecule has 6 nitrogen and oxygen atoms in total. The predicted molar refractivity (Wildman–Crippen MR) is 139 cm³/mol. The Hall–Kier alpha value is -2.11. The first-order valence-corrected chi connectivity index (χ1v) is 14.7. The van der Waals surface area contributed by atoms with Gasteiger partial charge in [-0.25, -0.2) is 9.00 Å². The number of para-hydroxylation sites is 1. The number of anilines is 1. The van der Waals surface area contributed by atoms with Crippen LogP contribution in [0.2, 0.25) is 0 Å². The molecule has 0 fully saturated rings. The predicted octanol–water partition coefficient (Wildman–Crippen LogP) is 4.84. The molecule has 0 aliphatic carbocycles. The number of thiophene rings is 1. The number of benzene rings is 2. The van der Waals surface area contributed by atoms with Crippen molar-refractivity contribution in [3.8, 4) is 0 Å². The molecule has 10 heteroatoms. The zero-order valence-electron chi connectivity index (χ0n) is 17.9. The third-order valence-electron chi connectivity index (χ3n) is 4.88. The lowest BCUT2D eigenvalue weighted by atomic mass is 9.88. The van der Waals surface area contributed by atoms with Gasteiger partial charge in [0.2, 0.25) is 0 Å². The molecule has 0 radical (unpaired) electrons. The number of nitrogens with two attached hydrogens (primary N) is 1. The van der Waals surface area contributed by atoms with E-state index in [0.29, 0.717) is 17.2 Å². The van der Waals surface area contributed by atoms with Crippen LogP contribution in [0.4, 0.5) is 5.69 Å². The SMILES string of the molecule is CSCCC(N)(C(=O)O)C(=O)c1ccc(SS(=O)N(Cc2cccs2)c2ccccc2)cc1. The molecule has 3 rings (SSSR count). The first kappa shape index (κ1) is 25.5. The third-order valence-corrected chi connectivity index (χ3v) is 9.20. The number of carboxylic acid groups (broad SMARTS) is 1. The summed E-state index contributed by atoms with van der Waals surface area (Å²) in [6, 6.07) is 19.9. The van der Waals surface area contributed by atoms with E-state index in [2.05, 4.69) is 0 Å². The lowest BCUT2D eigenvalue weighted by Gasteiger charge is -2.23. The summed E-state index contributed by atoms with van der Waals surface area (Å²) in [5.41, 5.74) is 5.06. The average Bonchev–Trinajstić information content (AvgIpc) is 3.34. The molecular formula is C23H24N2O4S4. The number of aliphatic carboxylic acids is 1. The fraction of sp³-hybridized carbons (Fsp3) is 0.217. The second-order valence-electron chi connectivity index (χ2n) is 7.12. The monoisotopic (exact) mass is 520 g/mol. The van der Waals surface area contributed by atoms with E-state index in [1.807, 2.05) is 58.4 Å². The van der Waals surface area contributed by atoms with Crippen LogP contribution < -0.4 is 10.0 Å². The molecule has 0 saturated carbocycles. The molecule has 3 aromatic rings. The van der Waals surface area contributed by atoms with Crippen LogP contribution in [0, 0.1) is 0 Å². The largest absolute Gasteiger partial charge is 0.480 e. The molecule has 2 aromatic carbocycles. The molecule has 1 aromatic heterocycles. The Morgan fingerprint density at radius 1 is 1.09 bits per heavy atom. The molecule has 33 heavy (non-hydrogen) atoms. The molecule has 174 valence electrons. The number of rotatable bonds is 12. The number of thioether (sulfide) groups is 1. The van der Waals surface area contributed by atoms with E-state index in [4.69, 9.17) is 5.73 Å². The summed E-state index contributed by atoms with van der Waals surface area (Å²) in [4.78, 5) is 26.3. The van der Waals surface area contributed by atoms with Crippen molar-refractivity contribution < 1.29 is 18.9 Å². The van der Waals surface area contributed by atoms with Crippen molar-refractivity contribution in [2.45, 2.75) is 23.4 Å². The second-order valence-corrected chi connectivity index (χ2v) is 12.0. The summed E-state index contributed by atoms with van der Waals surface area (Å²) in [5.74, 6) is -1.51. The van der Waals surface area contributed by atoms with Gasteiger partial charge in [0.1, 0.15) is 0 Å². The number of ketones is 1. The molecule has 0 bridgehead atoms. The Morgan fingerprint density at radius 2 is 1.79 bits per heavy atom. The summed E-state index contributed by atoms with van der Waals surface area (Å²) in [6.07, 6.45) is 1.87. The maximum Gasteiger partial charge on any atom is 0.331 e. The number of hydrogen-bond acceptors (Lipinski definition) is 7. The number of Topliss-reactive ketones (excluding diaryl/α,β-unsaturated/α-hetero) is 1. The van der Waals surface area contributed by atoms with E-state index in [9.17, 15) is 18.9 Å². The minimum Gasteiger partial charge on any atom is -0.480 e. The van der Waals surface area contributed by atoms with Crippen molar-refractivity contribution in [3.05, 3.63) is 82.6 Å². The highest BCUT2D eigenvalue weighted by molar-refractivity contribution is 8.69. The van der Waals surface area contributed by atoms with Crippen LogP contribution in [0.15, 0.2) is 77.0 Å². The van der Waals surface area contributed by atoms with Crippen LogP contribution in [0.3, 0.4) is 0 Å². The van der Waals surface area contributed by atoms with Crippen LogP contribution in [-0.2, 0) is 21.4 Å². The summed E-state index contributed by atoms with van der Waals surface area (Å²) >= 11 is 3.03. The van der Waals surface area contributed by atoms with Gasteiger partial charge in [-0.15, -0.1) is 11.3 Å². The Balaban J connectivity index is 1.76. The third kappa shape index (κ3) is 6.48. The van der Waals surface area contributed by atoms with Crippen LogP contribution in [0.5, 0.6) is 0 Å². The van der Waals surface area contributed by atoms with Gasteiger partial charge in [0.25, 0.3) is 0 Å². The zero-order valence-corrected chi connectivity index (χ0v) is 21.1. The van der Waals surface area contributed by atoms with Gasteiger partial charge in [0, 0.05) is 15.3 Å². The summed E-state index contributed by atoms with van der Waals surface area (Å²) in [6.45, 7) is 0.502. The molecule has 1 heterocycles. The molecule has 0 amide bonds. The first-order chi connectivity index (χ1) is 15.8. The van der Waals surface area contributed by atoms with Crippen molar-refractivity contribution in [3.63, 3.8) is 0 Å². The number of hydrogen-bond donors (Lipinski definition) is 2. The Labute approximate surface area is 207 Å². The number of carbonyl (C=O) groups excluding carboxylic acids is 1. The molecule has 0 spiro atoms. The molecule has 2 unspecified atom stereocenters. The number of nitrogens with zero attached hydrogens (tertiary/aromatic N) is 1. The van der Waals surface area contributed by atoms with Gasteiger partial charge in [-0.05, 0) is 64.9 Å². The molecule has 0 aliphatic rings. The van der Waals surface area contributed by atoms with Gasteiger partial charge >= 0.3 is 5.97 Å². The Kier molecular flexibility index (Phi) is 9.16. The Morgan fingerprint density at radius 3 is 2.36 bits per heavy atom. The lowest BCUT2D eigenvalue weighted by Crippen LogP contribution is -2.55. The molecule has 2 atom stereocenters. The van der Waals surface area contributed by atoms with Crippen LogP contribution in [-0.4, -0.2) is 38.6 Å². The van der Waals surface area contributed by atoms with E-state index in [-0.39, 0.29) is 12.0 Å². The molecule has 0 aliphatic heterocycles. The maximum absolute atomic E-state index is 13.3. The van der Waals surface area contributed by atoms with Gasteiger partial charge in [-0.2, -0.15) is 11.8 Å². The molecule has 3 N–H and O–H groups in total. The fourth-order valence-electron chi connectivity index (χ4n) is 3.00. The molecule has 0 saturated heterocycles. The van der Waals surface area contributed by atoms with Crippen molar-refractivity contribution in [1.82, 2.24) is 0 Å². The van der Waals surface area contributed by atoms with Crippen LogP contribution >= 0.6 is 33.9 Å². The maximum atomic E-state index is 13.3. The Bertz CT molecular complexity index is 1090. The van der Waals surface area contributed by atoms with Gasteiger partial charge in [0.05, 0.1) is 12.2 Å². The summed E-state index contributed by atoms with van der Waals surface area (Å²) in [5, 5.41) is 11.5. The van der Waals surface area contributed by atoms with E-state index in [1.165, 1.54) is 23.9 Å². The number of carboxylic acids is 1. The first-order valence-electron chi connectivity index (χ1n) is 9.96. The highest BCUT2D eigenvalue weighted by Crippen LogP contribution is 2.31. The van der Waals surface area contributed by atoms with E-state index >= 15 is 0 Å². The summed E-state index contributed by atoms with van der Waals surface area (Å²) in [7, 11) is -0.283. The van der Waals surface area contributed by atoms with Gasteiger partial charge in [0.15, 0.2) is 21.3 Å². The highest BCUT2D eigenvalue weighted by Gasteiger charge is 2.42. The van der Waals surface area contributed by atoms with Crippen molar-refractivity contribution in [2.75, 3.05) is 16.3 Å². The quantitative estimate of drug-likeness (QED) is 0.200. The van der Waals surface area contributed by atoms with E-state index in [1.54, 1.807) is 23.5 Å². The van der Waals surface area contributed by atoms with E-state index < -0.39 is 27.3 Å². The summed E-state index contributed by atoms with van der Waals surface area (Å²) < 4.78 is 15.1. The van der Waals surface area contributed by atoms with Crippen molar-refractivity contribution in [1.29, 1.82) is 0 Å². The zero-order chi connectivity index (χ0) is 23.8. The second kappa shape index (κ2) is 11.8. The highest BCUT2D eigenvalue weighted by atomic mass is 33.1. The minimum atomic E-state index is -1.97. The average molecular weight is 521 g/mol. The standard InChI is InChI=1S/C23H24N2O4S4/c1-30-15-13-23(24,22(27)28)21(26)17-9-11-19(12-10-17)32-33(29)25(16-20-8-5-14-31-20)18-6-3-2-4-7-18/h2-12,14H,13,15-16,24H2,1H3,(H,27,28). The topological polar surface area (TPSA) is 101 Å². The fourth-order valence-corrected chi connectivity index (χ4v) is 6.85. The number of carbonyl (C=O) groups is 2. The van der Waals surface area contributed by atoms with Crippen molar-refractivity contribution >= 4 is 61.4 Å². The normalized spacial score (nSPS) is 13.8. The van der Waals surface area contributed by atoms with E-state index in [0.717, 1.165) is 21.4 Å². The smallest absolute Gasteiger partial charge is 0.331 e. The lowest BCUT2D eigenvalue weighted by molar-refractivity contribution is -0.141.